The molecule has 0 radical (unpaired) electrons. The molecule has 0 fully saturated rings. The van der Waals surface area contributed by atoms with Gasteiger partial charge in [0.05, 0.1) is 6.04 Å². The first-order valence-corrected chi connectivity index (χ1v) is 2.99. The summed E-state index contributed by atoms with van der Waals surface area (Å²) in [6, 6.07) is -2.07. The van der Waals surface area contributed by atoms with Crippen molar-refractivity contribution in [1.82, 2.24) is 0 Å². The SMILES string of the molecule is NC(CC(F)C(F)(F)F)C(F)F. The van der Waals surface area contributed by atoms with E-state index in [4.69, 9.17) is 0 Å². The second-order valence-electron chi connectivity index (χ2n) is 2.24. The van der Waals surface area contributed by atoms with Gasteiger partial charge in [0.2, 0.25) is 0 Å². The predicted octanol–water partition coefficient (Wildman–Crippen LogP) is 1.87. The molecule has 0 spiro atoms. The smallest absolute Gasteiger partial charge is 0.323 e. The molecule has 2 N–H and O–H groups in total. The summed E-state index contributed by atoms with van der Waals surface area (Å²) in [6.45, 7) is 0. The van der Waals surface area contributed by atoms with Crippen LogP contribution in [-0.4, -0.2) is 24.8 Å². The molecule has 0 aromatic rings. The zero-order valence-electron chi connectivity index (χ0n) is 5.78. The highest BCUT2D eigenvalue weighted by atomic mass is 19.4. The van der Waals surface area contributed by atoms with Crippen LogP contribution in [0.1, 0.15) is 6.42 Å². The molecule has 0 aliphatic heterocycles. The lowest BCUT2D eigenvalue weighted by molar-refractivity contribution is -0.184. The number of halogens is 6. The molecule has 0 amide bonds. The summed E-state index contributed by atoms with van der Waals surface area (Å²) in [6.07, 6.45) is -12.9. The van der Waals surface area contributed by atoms with E-state index in [1.807, 2.05) is 0 Å². The second kappa shape index (κ2) is 3.97. The summed E-state index contributed by atoms with van der Waals surface area (Å²) >= 11 is 0. The lowest BCUT2D eigenvalue weighted by atomic mass is 10.1. The van der Waals surface area contributed by atoms with Crippen LogP contribution in [0.15, 0.2) is 0 Å². The van der Waals surface area contributed by atoms with Crippen molar-refractivity contribution in [2.24, 2.45) is 5.73 Å². The van der Waals surface area contributed by atoms with Crippen molar-refractivity contribution in [3.05, 3.63) is 0 Å². The summed E-state index contributed by atoms with van der Waals surface area (Å²) in [5.74, 6) is 0. The van der Waals surface area contributed by atoms with E-state index in [0.717, 1.165) is 0 Å². The molecule has 74 valence electrons. The Morgan fingerprint density at radius 1 is 1.08 bits per heavy atom. The topological polar surface area (TPSA) is 26.0 Å². The first kappa shape index (κ1) is 11.5. The third-order valence-corrected chi connectivity index (χ3v) is 1.16. The minimum absolute atomic E-state index is 1.40. The molecule has 2 unspecified atom stereocenters. The van der Waals surface area contributed by atoms with Crippen molar-refractivity contribution < 1.29 is 26.3 Å². The average molecular weight is 195 g/mol. The van der Waals surface area contributed by atoms with Crippen LogP contribution < -0.4 is 5.73 Å². The third kappa shape index (κ3) is 3.80. The Hall–Kier alpha value is -0.460. The number of hydrogen-bond donors (Lipinski definition) is 1. The Morgan fingerprint density at radius 2 is 1.50 bits per heavy atom. The number of alkyl halides is 6. The largest absolute Gasteiger partial charge is 0.419 e. The molecule has 7 heteroatoms. The lowest BCUT2D eigenvalue weighted by Crippen LogP contribution is -2.37. The summed E-state index contributed by atoms with van der Waals surface area (Å²) in [5.41, 5.74) is 4.52. The lowest BCUT2D eigenvalue weighted by Gasteiger charge is -2.15. The molecule has 0 saturated carbocycles. The van der Waals surface area contributed by atoms with Gasteiger partial charge in [0.1, 0.15) is 0 Å². The van der Waals surface area contributed by atoms with Crippen LogP contribution in [0, 0.1) is 0 Å². The molecule has 0 saturated heterocycles. The molecule has 0 aromatic carbocycles. The van der Waals surface area contributed by atoms with Crippen molar-refractivity contribution in [2.75, 3.05) is 0 Å². The maximum Gasteiger partial charge on any atom is 0.419 e. The summed E-state index contributed by atoms with van der Waals surface area (Å²) < 4.78 is 69.2. The monoisotopic (exact) mass is 195 g/mol. The minimum Gasteiger partial charge on any atom is -0.323 e. The normalized spacial score (nSPS) is 18.0. The van der Waals surface area contributed by atoms with Crippen molar-refractivity contribution in [2.45, 2.75) is 31.2 Å². The van der Waals surface area contributed by atoms with E-state index in [9.17, 15) is 26.3 Å². The third-order valence-electron chi connectivity index (χ3n) is 1.16. The van der Waals surface area contributed by atoms with E-state index in [-0.39, 0.29) is 0 Å². The quantitative estimate of drug-likeness (QED) is 0.683. The van der Waals surface area contributed by atoms with Crippen LogP contribution in [0.5, 0.6) is 0 Å². The fourth-order valence-corrected chi connectivity index (χ4v) is 0.475. The first-order chi connectivity index (χ1) is 5.25. The Bertz CT molecular complexity index is 132. The highest BCUT2D eigenvalue weighted by Gasteiger charge is 2.41. The van der Waals surface area contributed by atoms with Crippen LogP contribution in [0.3, 0.4) is 0 Å². The van der Waals surface area contributed by atoms with Crippen LogP contribution >= 0.6 is 0 Å². The van der Waals surface area contributed by atoms with Gasteiger partial charge in [0.25, 0.3) is 6.43 Å². The van der Waals surface area contributed by atoms with Crippen molar-refractivity contribution >= 4 is 0 Å². The number of nitrogens with two attached hydrogens (primary N) is 1. The highest BCUT2D eigenvalue weighted by Crippen LogP contribution is 2.26. The van der Waals surface area contributed by atoms with Gasteiger partial charge in [-0.05, 0) is 0 Å². The van der Waals surface area contributed by atoms with Gasteiger partial charge in [-0.15, -0.1) is 0 Å². The van der Waals surface area contributed by atoms with Crippen molar-refractivity contribution in [3.63, 3.8) is 0 Å². The van der Waals surface area contributed by atoms with Gasteiger partial charge in [-0.25, -0.2) is 13.2 Å². The van der Waals surface area contributed by atoms with Crippen molar-refractivity contribution in [1.29, 1.82) is 0 Å². The Morgan fingerprint density at radius 3 is 1.75 bits per heavy atom. The van der Waals surface area contributed by atoms with Gasteiger partial charge in [0, 0.05) is 6.42 Å². The highest BCUT2D eigenvalue weighted by molar-refractivity contribution is 4.74. The minimum atomic E-state index is -5.10. The van der Waals surface area contributed by atoms with E-state index in [1.165, 1.54) is 0 Å². The standard InChI is InChI=1S/C5H7F6N/c6-3(5(9,10)11)1-2(12)4(7)8/h2-4H,1,12H2. The van der Waals surface area contributed by atoms with Crippen LogP contribution in [-0.2, 0) is 0 Å². The molecular weight excluding hydrogens is 188 g/mol. The van der Waals surface area contributed by atoms with E-state index < -0.39 is 31.2 Å². The molecule has 12 heavy (non-hydrogen) atoms. The molecular formula is C5H7F6N. The Labute approximate surface area is 64.5 Å². The van der Waals surface area contributed by atoms with Gasteiger partial charge in [-0.2, -0.15) is 13.2 Å². The number of rotatable bonds is 3. The fraction of sp³-hybridized carbons (Fsp3) is 1.00. The zero-order valence-corrected chi connectivity index (χ0v) is 5.78. The Kier molecular flexibility index (Phi) is 3.82. The fourth-order valence-electron chi connectivity index (χ4n) is 0.475. The number of hydrogen-bond acceptors (Lipinski definition) is 1. The summed E-state index contributed by atoms with van der Waals surface area (Å²) in [7, 11) is 0. The first-order valence-electron chi connectivity index (χ1n) is 2.99. The van der Waals surface area contributed by atoms with Crippen molar-refractivity contribution in [3.8, 4) is 0 Å². The van der Waals surface area contributed by atoms with E-state index in [2.05, 4.69) is 5.73 Å². The van der Waals surface area contributed by atoms with Gasteiger partial charge in [-0.3, -0.25) is 0 Å². The second-order valence-corrected chi connectivity index (χ2v) is 2.24. The maximum absolute atomic E-state index is 12.0. The molecule has 0 aromatic heterocycles. The van der Waals surface area contributed by atoms with Crippen LogP contribution in [0.2, 0.25) is 0 Å². The summed E-state index contributed by atoms with van der Waals surface area (Å²) in [4.78, 5) is 0. The van der Waals surface area contributed by atoms with E-state index in [1.54, 1.807) is 0 Å². The van der Waals surface area contributed by atoms with Gasteiger partial charge < -0.3 is 5.73 Å². The maximum atomic E-state index is 12.0. The van der Waals surface area contributed by atoms with Gasteiger partial charge >= 0.3 is 6.18 Å². The van der Waals surface area contributed by atoms with Gasteiger partial charge in [-0.1, -0.05) is 0 Å². The zero-order chi connectivity index (χ0) is 9.94. The predicted molar refractivity (Wildman–Crippen MR) is 29.5 cm³/mol. The van der Waals surface area contributed by atoms with E-state index >= 15 is 0 Å². The molecule has 1 nitrogen and oxygen atoms in total. The Balaban J connectivity index is 3.93. The molecule has 0 rings (SSSR count). The molecule has 0 aliphatic rings. The van der Waals surface area contributed by atoms with Crippen LogP contribution in [0.25, 0.3) is 0 Å². The van der Waals surface area contributed by atoms with E-state index in [0.29, 0.717) is 0 Å². The molecule has 2 atom stereocenters. The molecule has 0 heterocycles. The molecule has 0 aliphatic carbocycles. The molecule has 0 bridgehead atoms. The average Bonchev–Trinajstić information content (AvgIpc) is 1.85. The van der Waals surface area contributed by atoms with Crippen LogP contribution in [0.4, 0.5) is 26.3 Å². The summed E-state index contributed by atoms with van der Waals surface area (Å²) in [5, 5.41) is 0. The van der Waals surface area contributed by atoms with Gasteiger partial charge in [0.15, 0.2) is 6.17 Å².